The molecule has 1 aromatic heterocycles. The highest BCUT2D eigenvalue weighted by atomic mass is 16.6. The Hall–Kier alpha value is -2.25. The summed E-state index contributed by atoms with van der Waals surface area (Å²) in [5.41, 5.74) is 2.29. The zero-order valence-corrected chi connectivity index (χ0v) is 13.0. The van der Waals surface area contributed by atoms with Crippen molar-refractivity contribution < 1.29 is 14.8 Å². The lowest BCUT2D eigenvalue weighted by Crippen LogP contribution is -2.36. The summed E-state index contributed by atoms with van der Waals surface area (Å²) in [6.07, 6.45) is 2.39. The van der Waals surface area contributed by atoms with E-state index in [0.29, 0.717) is 29.7 Å². The predicted octanol–water partition coefficient (Wildman–Crippen LogP) is 2.72. The number of nitro groups is 1. The molecule has 0 saturated carbocycles. The van der Waals surface area contributed by atoms with Crippen LogP contribution in [0.15, 0.2) is 24.4 Å². The second-order valence-electron chi connectivity index (χ2n) is 5.87. The van der Waals surface area contributed by atoms with Crippen molar-refractivity contribution in [2.45, 2.75) is 13.3 Å². The first kappa shape index (κ1) is 16.1. The van der Waals surface area contributed by atoms with E-state index in [2.05, 4.69) is 10.3 Å². The third-order valence-electron chi connectivity index (χ3n) is 3.47. The maximum Gasteiger partial charge on any atom is 0.280 e. The number of rotatable bonds is 6. The average Bonchev–Trinajstić information content (AvgIpc) is 2.43. The van der Waals surface area contributed by atoms with Gasteiger partial charge in [-0.05, 0) is 18.6 Å². The third-order valence-corrected chi connectivity index (χ3v) is 3.47. The third kappa shape index (κ3) is 3.69. The van der Waals surface area contributed by atoms with Gasteiger partial charge in [-0.2, -0.15) is 4.65 Å². The Balaban J connectivity index is 2.30. The molecule has 2 aromatic rings. The van der Waals surface area contributed by atoms with Crippen LogP contribution in [0.2, 0.25) is 0 Å². The molecule has 0 saturated heterocycles. The van der Waals surface area contributed by atoms with Crippen molar-refractivity contribution in [3.8, 4) is 0 Å². The van der Waals surface area contributed by atoms with Gasteiger partial charge < -0.3 is 5.32 Å². The number of nitro benzene ring substituents is 1. The van der Waals surface area contributed by atoms with E-state index in [-0.39, 0.29) is 15.3 Å². The Morgan fingerprint density at radius 1 is 1.36 bits per heavy atom. The monoisotopic (exact) mass is 305 g/mol. The number of anilines is 1. The molecule has 0 spiro atoms. The van der Waals surface area contributed by atoms with Crippen molar-refractivity contribution in [1.29, 1.82) is 0 Å². The van der Waals surface area contributed by atoms with Crippen molar-refractivity contribution in [3.05, 3.63) is 40.1 Å². The molecule has 0 atom stereocenters. The van der Waals surface area contributed by atoms with E-state index >= 15 is 0 Å². The lowest BCUT2D eigenvalue weighted by Gasteiger charge is -2.19. The maximum atomic E-state index is 11.3. The summed E-state index contributed by atoms with van der Waals surface area (Å²) in [6, 6.07) is 4.97. The number of non-ortho nitro benzene ring substituents is 1. The fraction of sp³-hybridized carbons (Fsp3) is 0.400. The Bertz CT molecular complexity index is 695. The van der Waals surface area contributed by atoms with Gasteiger partial charge >= 0.3 is 0 Å². The number of hydroxylamine groups is 3. The fourth-order valence-electron chi connectivity index (χ4n) is 2.37. The van der Waals surface area contributed by atoms with Crippen LogP contribution in [0.25, 0.3) is 10.9 Å². The van der Waals surface area contributed by atoms with Crippen molar-refractivity contribution in [3.63, 3.8) is 0 Å². The van der Waals surface area contributed by atoms with Gasteiger partial charge in [0.25, 0.3) is 5.69 Å². The van der Waals surface area contributed by atoms with Crippen molar-refractivity contribution in [2.75, 3.05) is 32.5 Å². The van der Waals surface area contributed by atoms with E-state index in [1.807, 2.05) is 6.92 Å². The zero-order valence-electron chi connectivity index (χ0n) is 13.0. The molecular formula is C15H21N4O3+. The largest absolute Gasteiger partial charge is 0.384 e. The van der Waals surface area contributed by atoms with Crippen molar-refractivity contribution >= 4 is 22.3 Å². The van der Waals surface area contributed by atoms with Gasteiger partial charge in [-0.1, -0.05) is 6.07 Å². The number of fused-ring (bicyclic) bond motifs is 1. The number of quaternary nitrogens is 1. The van der Waals surface area contributed by atoms with Gasteiger partial charge in [0.15, 0.2) is 0 Å². The predicted molar refractivity (Wildman–Crippen MR) is 85.0 cm³/mol. The van der Waals surface area contributed by atoms with Gasteiger partial charge in [0.05, 0.1) is 30.2 Å². The van der Waals surface area contributed by atoms with Crippen LogP contribution in [0.4, 0.5) is 11.4 Å². The number of pyridine rings is 1. The van der Waals surface area contributed by atoms with E-state index in [4.69, 9.17) is 0 Å². The van der Waals surface area contributed by atoms with Gasteiger partial charge in [0, 0.05) is 25.2 Å². The lowest BCUT2D eigenvalue weighted by atomic mass is 10.1. The van der Waals surface area contributed by atoms with E-state index in [9.17, 15) is 15.3 Å². The molecule has 0 amide bonds. The van der Waals surface area contributed by atoms with E-state index in [1.165, 1.54) is 6.07 Å². The molecule has 22 heavy (non-hydrogen) atoms. The summed E-state index contributed by atoms with van der Waals surface area (Å²) in [5.74, 6) is 0. The summed E-state index contributed by atoms with van der Waals surface area (Å²) in [4.78, 5) is 15.1. The maximum absolute atomic E-state index is 11.3. The van der Waals surface area contributed by atoms with Crippen molar-refractivity contribution in [1.82, 2.24) is 4.98 Å². The SMILES string of the molecule is Cc1ccc([N+](=O)[O-])c2c(NCCC[N+](C)(C)O)ccnc12. The van der Waals surface area contributed by atoms with Crippen LogP contribution >= 0.6 is 0 Å². The standard InChI is InChI=1S/C15H21N4O3/c1-11-5-6-13(18(20)21)14-12(7-9-17-15(11)14)16-8-4-10-19(2,3)22/h5-7,9,22H,4,8,10H2,1-3H3,(H,16,17)/q+1. The minimum Gasteiger partial charge on any atom is -0.384 e. The first-order valence-electron chi connectivity index (χ1n) is 7.12. The number of aromatic nitrogens is 1. The van der Waals surface area contributed by atoms with Gasteiger partial charge in [-0.15, -0.1) is 0 Å². The molecule has 7 nitrogen and oxygen atoms in total. The minimum absolute atomic E-state index is 0.0504. The highest BCUT2D eigenvalue weighted by Gasteiger charge is 2.17. The molecule has 1 heterocycles. The second kappa shape index (κ2) is 6.25. The Morgan fingerprint density at radius 3 is 2.73 bits per heavy atom. The van der Waals surface area contributed by atoms with Gasteiger partial charge in [0.2, 0.25) is 0 Å². The summed E-state index contributed by atoms with van der Waals surface area (Å²) < 4.78 is -0.0992. The molecule has 7 heteroatoms. The minimum atomic E-state index is -0.387. The number of nitrogens with one attached hydrogen (secondary N) is 1. The molecule has 0 aliphatic carbocycles. The number of nitrogens with zero attached hydrogens (tertiary/aromatic N) is 3. The van der Waals surface area contributed by atoms with Gasteiger partial charge in [0.1, 0.15) is 11.9 Å². The van der Waals surface area contributed by atoms with Crippen LogP contribution in [-0.4, -0.2) is 46.9 Å². The normalized spacial score (nSPS) is 11.6. The Morgan fingerprint density at radius 2 is 2.09 bits per heavy atom. The van der Waals surface area contributed by atoms with Crippen LogP contribution in [0.1, 0.15) is 12.0 Å². The molecule has 0 fully saturated rings. The van der Waals surface area contributed by atoms with E-state index in [0.717, 1.165) is 12.0 Å². The number of hydrogen-bond donors (Lipinski definition) is 2. The van der Waals surface area contributed by atoms with E-state index in [1.54, 1.807) is 32.4 Å². The van der Waals surface area contributed by atoms with Gasteiger partial charge in [-0.25, -0.2) is 5.21 Å². The average molecular weight is 305 g/mol. The molecule has 0 radical (unpaired) electrons. The number of aryl methyl sites for hydroxylation is 1. The fourth-order valence-corrected chi connectivity index (χ4v) is 2.37. The Labute approximate surface area is 128 Å². The second-order valence-corrected chi connectivity index (χ2v) is 5.87. The van der Waals surface area contributed by atoms with Crippen LogP contribution in [0.5, 0.6) is 0 Å². The molecule has 0 bridgehead atoms. The summed E-state index contributed by atoms with van der Waals surface area (Å²) in [5, 5.41) is 24.7. The molecular weight excluding hydrogens is 284 g/mol. The molecule has 0 unspecified atom stereocenters. The number of benzene rings is 1. The highest BCUT2D eigenvalue weighted by Crippen LogP contribution is 2.32. The van der Waals surface area contributed by atoms with Crippen LogP contribution in [0, 0.1) is 17.0 Å². The highest BCUT2D eigenvalue weighted by molar-refractivity contribution is 6.00. The van der Waals surface area contributed by atoms with Crippen molar-refractivity contribution in [2.24, 2.45) is 0 Å². The lowest BCUT2D eigenvalue weighted by molar-refractivity contribution is -1.07. The summed E-state index contributed by atoms with van der Waals surface area (Å²) >= 11 is 0. The molecule has 118 valence electrons. The molecule has 0 aliphatic heterocycles. The molecule has 2 N–H and O–H groups in total. The first-order chi connectivity index (χ1) is 10.3. The smallest absolute Gasteiger partial charge is 0.280 e. The first-order valence-corrected chi connectivity index (χ1v) is 7.12. The molecule has 1 aromatic carbocycles. The topological polar surface area (TPSA) is 88.3 Å². The quantitative estimate of drug-likeness (QED) is 0.371. The summed E-state index contributed by atoms with van der Waals surface area (Å²) in [6.45, 7) is 3.10. The van der Waals surface area contributed by atoms with Crippen LogP contribution in [-0.2, 0) is 0 Å². The van der Waals surface area contributed by atoms with Crippen LogP contribution in [0.3, 0.4) is 0 Å². The molecule has 2 rings (SSSR count). The van der Waals surface area contributed by atoms with Crippen LogP contribution < -0.4 is 5.32 Å². The Kier molecular flexibility index (Phi) is 4.58. The summed E-state index contributed by atoms with van der Waals surface area (Å²) in [7, 11) is 3.41. The zero-order chi connectivity index (χ0) is 16.3. The number of hydrogen-bond acceptors (Lipinski definition) is 5. The molecule has 0 aliphatic rings. The van der Waals surface area contributed by atoms with Gasteiger partial charge in [-0.3, -0.25) is 15.1 Å². The van der Waals surface area contributed by atoms with E-state index < -0.39 is 0 Å².